The molecule has 9 heteroatoms. The average Bonchev–Trinajstić information content (AvgIpc) is 2.76. The first-order valence-electron chi connectivity index (χ1n) is 10.3. The van der Waals surface area contributed by atoms with Gasteiger partial charge in [-0.3, -0.25) is 14.9 Å². The van der Waals surface area contributed by atoms with Crippen LogP contribution in [0.1, 0.15) is 36.2 Å². The summed E-state index contributed by atoms with van der Waals surface area (Å²) in [5.41, 5.74) is 0.869. The second kappa shape index (κ2) is 9.92. The van der Waals surface area contributed by atoms with E-state index in [0.29, 0.717) is 36.3 Å². The summed E-state index contributed by atoms with van der Waals surface area (Å²) in [6.45, 7) is 5.05. The second-order valence-corrected chi connectivity index (χ2v) is 8.09. The Bertz CT molecular complexity index is 1070. The van der Waals surface area contributed by atoms with Gasteiger partial charge in [-0.2, -0.15) is 5.26 Å². The number of para-hydroxylation sites is 1. The molecule has 1 saturated heterocycles. The summed E-state index contributed by atoms with van der Waals surface area (Å²) in [7, 11) is 0. The van der Waals surface area contributed by atoms with Gasteiger partial charge in [0.1, 0.15) is 11.8 Å². The first-order chi connectivity index (χ1) is 15.3. The summed E-state index contributed by atoms with van der Waals surface area (Å²) in [5, 5.41) is 23.2. The van der Waals surface area contributed by atoms with Crippen LogP contribution in [0.4, 0.5) is 17.1 Å². The number of nitriles is 1. The lowest BCUT2D eigenvalue weighted by atomic mass is 9.91. The van der Waals surface area contributed by atoms with Crippen LogP contribution in [-0.2, 0) is 9.53 Å². The molecule has 1 fully saturated rings. The molecular formula is C23H24N4O5. The zero-order valence-corrected chi connectivity index (χ0v) is 17.9. The number of carbonyl (C=O) groups is 2. The van der Waals surface area contributed by atoms with Crippen molar-refractivity contribution in [2.24, 2.45) is 11.8 Å². The number of benzene rings is 2. The van der Waals surface area contributed by atoms with Crippen molar-refractivity contribution in [3.63, 3.8) is 0 Å². The second-order valence-electron chi connectivity index (χ2n) is 8.09. The molecule has 1 heterocycles. The van der Waals surface area contributed by atoms with E-state index in [2.05, 4.69) is 19.2 Å². The van der Waals surface area contributed by atoms with Crippen molar-refractivity contribution in [3.05, 3.63) is 63.7 Å². The maximum absolute atomic E-state index is 12.4. The van der Waals surface area contributed by atoms with Crippen molar-refractivity contribution in [2.45, 2.75) is 20.3 Å². The summed E-state index contributed by atoms with van der Waals surface area (Å²) in [6.07, 6.45) is 1.07. The highest BCUT2D eigenvalue weighted by Gasteiger charge is 2.28. The fourth-order valence-electron chi connectivity index (χ4n) is 4.01. The van der Waals surface area contributed by atoms with Gasteiger partial charge in [0.25, 0.3) is 11.6 Å². The van der Waals surface area contributed by atoms with Crippen LogP contribution >= 0.6 is 0 Å². The van der Waals surface area contributed by atoms with Crippen LogP contribution in [0.15, 0.2) is 42.5 Å². The maximum Gasteiger partial charge on any atom is 0.338 e. The molecule has 0 radical (unpaired) electrons. The van der Waals surface area contributed by atoms with Crippen molar-refractivity contribution in [1.29, 1.82) is 5.26 Å². The Morgan fingerprint density at radius 2 is 1.91 bits per heavy atom. The summed E-state index contributed by atoms with van der Waals surface area (Å²) in [5.74, 6) is -0.646. The first kappa shape index (κ1) is 22.7. The number of amides is 1. The third kappa shape index (κ3) is 5.40. The Labute approximate surface area is 185 Å². The van der Waals surface area contributed by atoms with E-state index < -0.39 is 23.4 Å². The summed E-state index contributed by atoms with van der Waals surface area (Å²) < 4.78 is 5.02. The number of ether oxygens (including phenoxy) is 1. The number of carbonyl (C=O) groups excluding carboxylic acids is 2. The number of esters is 1. The fraction of sp³-hybridized carbons (Fsp3) is 0.348. The number of hydrogen-bond donors (Lipinski definition) is 1. The van der Waals surface area contributed by atoms with Gasteiger partial charge in [0.15, 0.2) is 6.61 Å². The standard InChI is InChI=1S/C23H24N4O5/c1-15-9-16(2)13-26(12-15)20-8-7-17(10-21(20)27(30)31)23(29)32-14-22(28)25-19-6-4-3-5-18(19)11-24/h3-8,10,15-16H,9,12-14H2,1-2H3,(H,25,28). The zero-order valence-electron chi connectivity index (χ0n) is 17.9. The summed E-state index contributed by atoms with van der Waals surface area (Å²) >= 11 is 0. The van der Waals surface area contributed by atoms with Crippen molar-refractivity contribution in [3.8, 4) is 6.07 Å². The van der Waals surface area contributed by atoms with E-state index in [1.807, 2.05) is 11.0 Å². The Hall–Kier alpha value is -3.93. The highest BCUT2D eigenvalue weighted by Crippen LogP contribution is 2.34. The van der Waals surface area contributed by atoms with Gasteiger partial charge >= 0.3 is 5.97 Å². The minimum Gasteiger partial charge on any atom is -0.452 e. The number of anilines is 2. The molecule has 2 aromatic carbocycles. The molecule has 2 unspecified atom stereocenters. The highest BCUT2D eigenvalue weighted by molar-refractivity contribution is 5.96. The van der Waals surface area contributed by atoms with Gasteiger partial charge in [0, 0.05) is 19.2 Å². The van der Waals surface area contributed by atoms with Gasteiger partial charge < -0.3 is 15.0 Å². The molecule has 3 rings (SSSR count). The molecule has 166 valence electrons. The number of hydrogen-bond acceptors (Lipinski definition) is 7. The summed E-state index contributed by atoms with van der Waals surface area (Å²) in [6, 6.07) is 12.6. The zero-order chi connectivity index (χ0) is 23.3. The quantitative estimate of drug-likeness (QED) is 0.415. The third-order valence-electron chi connectivity index (χ3n) is 5.27. The van der Waals surface area contributed by atoms with E-state index in [1.165, 1.54) is 12.1 Å². The van der Waals surface area contributed by atoms with Crippen LogP contribution < -0.4 is 10.2 Å². The van der Waals surface area contributed by atoms with Crippen LogP contribution in [0.2, 0.25) is 0 Å². The Morgan fingerprint density at radius 1 is 1.22 bits per heavy atom. The number of nitro groups is 1. The van der Waals surface area contributed by atoms with Crippen molar-refractivity contribution >= 4 is 28.9 Å². The minimum atomic E-state index is -0.844. The molecule has 0 spiro atoms. The molecule has 0 aliphatic carbocycles. The van der Waals surface area contributed by atoms with Crippen LogP contribution in [0, 0.1) is 33.3 Å². The highest BCUT2D eigenvalue weighted by atomic mass is 16.6. The third-order valence-corrected chi connectivity index (χ3v) is 5.27. The average molecular weight is 436 g/mol. The lowest BCUT2D eigenvalue weighted by Gasteiger charge is -2.36. The maximum atomic E-state index is 12.4. The van der Waals surface area contributed by atoms with Crippen LogP contribution in [0.3, 0.4) is 0 Å². The van der Waals surface area contributed by atoms with Crippen LogP contribution in [0.5, 0.6) is 0 Å². The molecule has 0 bridgehead atoms. The molecule has 32 heavy (non-hydrogen) atoms. The van der Waals surface area contributed by atoms with Gasteiger partial charge in [-0.05, 0) is 42.5 Å². The predicted octanol–water partition coefficient (Wildman–Crippen LogP) is 3.74. The van der Waals surface area contributed by atoms with Crippen LogP contribution in [0.25, 0.3) is 0 Å². The van der Waals surface area contributed by atoms with Crippen molar-refractivity contribution in [2.75, 3.05) is 29.9 Å². The van der Waals surface area contributed by atoms with Crippen molar-refractivity contribution < 1.29 is 19.2 Å². The van der Waals surface area contributed by atoms with E-state index in [-0.39, 0.29) is 16.8 Å². The largest absolute Gasteiger partial charge is 0.452 e. The topological polar surface area (TPSA) is 126 Å². The molecule has 2 atom stereocenters. The van der Waals surface area contributed by atoms with E-state index in [0.717, 1.165) is 6.42 Å². The summed E-state index contributed by atoms with van der Waals surface area (Å²) in [4.78, 5) is 37.6. The Morgan fingerprint density at radius 3 is 2.56 bits per heavy atom. The molecule has 2 aromatic rings. The van der Waals surface area contributed by atoms with E-state index in [4.69, 9.17) is 10.00 Å². The minimum absolute atomic E-state index is 0.0104. The molecule has 1 N–H and O–H groups in total. The van der Waals surface area contributed by atoms with Crippen molar-refractivity contribution in [1.82, 2.24) is 0 Å². The van der Waals surface area contributed by atoms with Crippen LogP contribution in [-0.4, -0.2) is 36.5 Å². The fourth-order valence-corrected chi connectivity index (χ4v) is 4.01. The molecular weight excluding hydrogens is 412 g/mol. The molecule has 0 aromatic heterocycles. The SMILES string of the molecule is CC1CC(C)CN(c2ccc(C(=O)OCC(=O)Nc3ccccc3C#N)cc2[N+](=O)[O-])C1. The normalized spacial score (nSPS) is 17.8. The number of nitro benzene ring substituents is 1. The predicted molar refractivity (Wildman–Crippen MR) is 118 cm³/mol. The van der Waals surface area contributed by atoms with E-state index in [9.17, 15) is 19.7 Å². The smallest absolute Gasteiger partial charge is 0.338 e. The molecule has 9 nitrogen and oxygen atoms in total. The lowest BCUT2D eigenvalue weighted by molar-refractivity contribution is -0.384. The first-order valence-corrected chi connectivity index (χ1v) is 10.3. The number of nitrogens with one attached hydrogen (secondary N) is 1. The molecule has 0 saturated carbocycles. The number of rotatable bonds is 6. The van der Waals surface area contributed by atoms with Gasteiger partial charge in [0.2, 0.25) is 0 Å². The van der Waals surface area contributed by atoms with Gasteiger partial charge in [-0.25, -0.2) is 4.79 Å². The van der Waals surface area contributed by atoms with Gasteiger partial charge in [-0.15, -0.1) is 0 Å². The number of nitrogens with zero attached hydrogens (tertiary/aromatic N) is 3. The Kier molecular flexibility index (Phi) is 7.05. The Balaban J connectivity index is 1.69. The van der Waals surface area contributed by atoms with E-state index >= 15 is 0 Å². The monoisotopic (exact) mass is 436 g/mol. The molecule has 1 amide bonds. The number of piperidine rings is 1. The molecule has 1 aliphatic heterocycles. The van der Waals surface area contributed by atoms with E-state index in [1.54, 1.807) is 30.3 Å². The molecule has 1 aliphatic rings. The van der Waals surface area contributed by atoms with Gasteiger partial charge in [-0.1, -0.05) is 26.0 Å². The van der Waals surface area contributed by atoms with Gasteiger partial charge in [0.05, 0.1) is 21.7 Å². The lowest BCUT2D eigenvalue weighted by Crippen LogP contribution is -2.39.